The molecule has 2 aliphatic rings. The summed E-state index contributed by atoms with van der Waals surface area (Å²) in [4.78, 5) is 22.9. The van der Waals surface area contributed by atoms with Crippen molar-refractivity contribution >= 4 is 21.2 Å². The summed E-state index contributed by atoms with van der Waals surface area (Å²) >= 11 is 0. The molecule has 6 nitrogen and oxygen atoms in total. The van der Waals surface area contributed by atoms with E-state index in [9.17, 15) is 9.59 Å². The minimum Gasteiger partial charge on any atom is -0.487 e. The lowest BCUT2D eigenvalue weighted by Gasteiger charge is -2.40. The lowest BCUT2D eigenvalue weighted by atomic mass is 9.79. The first-order valence-electron chi connectivity index (χ1n) is 6.11. The van der Waals surface area contributed by atoms with E-state index in [4.69, 9.17) is 18.3 Å². The van der Waals surface area contributed by atoms with Gasteiger partial charge in [0.05, 0.1) is 32.3 Å². The molecule has 2 saturated heterocycles. The Morgan fingerprint density at radius 3 is 1.94 bits per heavy atom. The van der Waals surface area contributed by atoms with Crippen molar-refractivity contribution in [3.8, 4) is 0 Å². The van der Waals surface area contributed by atoms with E-state index in [2.05, 4.69) is 0 Å². The van der Waals surface area contributed by atoms with E-state index in [1.54, 1.807) is 6.55 Å². The fourth-order valence-corrected chi connectivity index (χ4v) is 3.19. The highest BCUT2D eigenvalue weighted by atomic mass is 28.3. The lowest BCUT2D eigenvalue weighted by molar-refractivity contribution is -0.170. The smallest absolute Gasteiger partial charge is 0.444 e. The van der Waals surface area contributed by atoms with Gasteiger partial charge in [0.25, 0.3) is 11.9 Å². The molecule has 0 aromatic rings. The standard InChI is InChI=1S/C11H18O6Si/c1-7(12)16-18(2)17-11(13)10(8-3-14-4-8)9-5-15-6-9/h8-10,18H,3-6H2,1-2H3. The summed E-state index contributed by atoms with van der Waals surface area (Å²) < 4.78 is 20.5. The van der Waals surface area contributed by atoms with Gasteiger partial charge in [0.15, 0.2) is 0 Å². The van der Waals surface area contributed by atoms with Crippen LogP contribution in [0, 0.1) is 17.8 Å². The fourth-order valence-electron chi connectivity index (χ4n) is 2.19. The average Bonchev–Trinajstić information content (AvgIpc) is 2.08. The quantitative estimate of drug-likeness (QED) is 0.649. The topological polar surface area (TPSA) is 71.1 Å². The molecule has 2 heterocycles. The van der Waals surface area contributed by atoms with Crippen LogP contribution in [0.2, 0.25) is 6.55 Å². The zero-order valence-corrected chi connectivity index (χ0v) is 11.7. The second-order valence-electron chi connectivity index (χ2n) is 4.73. The summed E-state index contributed by atoms with van der Waals surface area (Å²) in [6, 6.07) is 0. The third-order valence-corrected chi connectivity index (χ3v) is 4.46. The molecule has 1 atom stereocenters. The van der Waals surface area contributed by atoms with Gasteiger partial charge in [-0.25, -0.2) is 0 Å². The van der Waals surface area contributed by atoms with Crippen LogP contribution in [0.5, 0.6) is 0 Å². The SMILES string of the molecule is CC(=O)O[SiH](C)OC(=O)C(C1COC1)C1COC1. The van der Waals surface area contributed by atoms with E-state index < -0.39 is 15.3 Å². The Morgan fingerprint density at radius 2 is 1.61 bits per heavy atom. The first-order valence-corrected chi connectivity index (χ1v) is 8.21. The van der Waals surface area contributed by atoms with Crippen LogP contribution >= 0.6 is 0 Å². The van der Waals surface area contributed by atoms with Gasteiger partial charge in [0.1, 0.15) is 0 Å². The Hall–Kier alpha value is -0.923. The molecule has 0 amide bonds. The average molecular weight is 274 g/mol. The molecule has 7 heteroatoms. The third kappa shape index (κ3) is 3.09. The molecule has 0 aromatic heterocycles. The van der Waals surface area contributed by atoms with E-state index >= 15 is 0 Å². The van der Waals surface area contributed by atoms with Gasteiger partial charge in [-0.05, 0) is 6.55 Å². The molecule has 18 heavy (non-hydrogen) atoms. The van der Waals surface area contributed by atoms with E-state index in [0.717, 1.165) is 0 Å². The van der Waals surface area contributed by atoms with Gasteiger partial charge in [-0.1, -0.05) is 0 Å². The maximum Gasteiger partial charge on any atom is 0.444 e. The minimum atomic E-state index is -2.21. The zero-order chi connectivity index (χ0) is 13.1. The lowest BCUT2D eigenvalue weighted by Crippen LogP contribution is -2.49. The largest absolute Gasteiger partial charge is 0.487 e. The second kappa shape index (κ2) is 5.81. The van der Waals surface area contributed by atoms with Gasteiger partial charge < -0.3 is 18.3 Å². The Kier molecular flexibility index (Phi) is 4.36. The fraction of sp³-hybridized carbons (Fsp3) is 0.818. The molecule has 1 unspecified atom stereocenters. The van der Waals surface area contributed by atoms with Gasteiger partial charge in [-0.3, -0.25) is 9.59 Å². The first kappa shape index (κ1) is 13.5. The number of hydrogen-bond acceptors (Lipinski definition) is 6. The Bertz CT molecular complexity index is 311. The molecule has 0 spiro atoms. The molecule has 0 aliphatic carbocycles. The van der Waals surface area contributed by atoms with Crippen molar-refractivity contribution in [1.82, 2.24) is 0 Å². The van der Waals surface area contributed by atoms with Gasteiger partial charge in [0, 0.05) is 18.8 Å². The van der Waals surface area contributed by atoms with Crippen molar-refractivity contribution in [3.05, 3.63) is 0 Å². The molecule has 0 aromatic carbocycles. The Morgan fingerprint density at radius 1 is 1.11 bits per heavy atom. The van der Waals surface area contributed by atoms with Crippen molar-refractivity contribution in [2.45, 2.75) is 13.5 Å². The Balaban J connectivity index is 1.88. The zero-order valence-electron chi connectivity index (χ0n) is 10.6. The van der Waals surface area contributed by atoms with Crippen LogP contribution in [0.1, 0.15) is 6.92 Å². The van der Waals surface area contributed by atoms with E-state index in [0.29, 0.717) is 26.4 Å². The predicted molar refractivity (Wildman–Crippen MR) is 63.0 cm³/mol. The van der Waals surface area contributed by atoms with Gasteiger partial charge in [-0.15, -0.1) is 0 Å². The predicted octanol–water partition coefficient (Wildman–Crippen LogP) is -0.148. The number of hydrogen-bond donors (Lipinski definition) is 0. The molecule has 2 fully saturated rings. The highest BCUT2D eigenvalue weighted by Gasteiger charge is 2.43. The van der Waals surface area contributed by atoms with Gasteiger partial charge in [0.2, 0.25) is 0 Å². The van der Waals surface area contributed by atoms with Crippen LogP contribution in [0.15, 0.2) is 0 Å². The highest BCUT2D eigenvalue weighted by molar-refractivity contribution is 6.47. The molecule has 2 rings (SSSR count). The van der Waals surface area contributed by atoms with Crippen molar-refractivity contribution in [2.24, 2.45) is 17.8 Å². The summed E-state index contributed by atoms with van der Waals surface area (Å²) in [7, 11) is -2.21. The van der Waals surface area contributed by atoms with Crippen molar-refractivity contribution in [3.63, 3.8) is 0 Å². The van der Waals surface area contributed by atoms with Crippen molar-refractivity contribution in [1.29, 1.82) is 0 Å². The highest BCUT2D eigenvalue weighted by Crippen LogP contribution is 2.33. The molecule has 0 bridgehead atoms. The van der Waals surface area contributed by atoms with Crippen LogP contribution in [-0.4, -0.2) is 47.6 Å². The first-order chi connectivity index (χ1) is 8.58. The molecular weight excluding hydrogens is 256 g/mol. The monoisotopic (exact) mass is 274 g/mol. The summed E-state index contributed by atoms with van der Waals surface area (Å²) in [5, 5.41) is 0. The van der Waals surface area contributed by atoms with Crippen molar-refractivity contribution < 1.29 is 27.9 Å². The molecule has 102 valence electrons. The van der Waals surface area contributed by atoms with Crippen molar-refractivity contribution in [2.75, 3.05) is 26.4 Å². The number of carbonyl (C=O) groups excluding carboxylic acids is 2. The van der Waals surface area contributed by atoms with Gasteiger partial charge in [-0.2, -0.15) is 0 Å². The summed E-state index contributed by atoms with van der Waals surface area (Å²) in [6.45, 7) is 5.37. The maximum atomic E-state index is 12.1. The number of rotatable bonds is 5. The van der Waals surface area contributed by atoms with E-state index in [1.807, 2.05) is 0 Å². The van der Waals surface area contributed by atoms with Crippen LogP contribution in [0.4, 0.5) is 0 Å². The molecule has 2 aliphatic heterocycles. The summed E-state index contributed by atoms with van der Waals surface area (Å²) in [5.41, 5.74) is 0. The van der Waals surface area contributed by atoms with Gasteiger partial charge >= 0.3 is 9.28 Å². The normalized spacial score (nSPS) is 21.9. The maximum absolute atomic E-state index is 12.1. The molecular formula is C11H18O6Si. The number of ether oxygens (including phenoxy) is 2. The minimum absolute atomic E-state index is 0.182. The molecule has 0 radical (unpaired) electrons. The van der Waals surface area contributed by atoms with Crippen LogP contribution in [-0.2, 0) is 27.9 Å². The number of carbonyl (C=O) groups is 2. The summed E-state index contributed by atoms with van der Waals surface area (Å²) in [6.07, 6.45) is 0. The second-order valence-corrected chi connectivity index (χ2v) is 6.34. The van der Waals surface area contributed by atoms with Crippen LogP contribution in [0.3, 0.4) is 0 Å². The van der Waals surface area contributed by atoms with Crippen LogP contribution < -0.4 is 0 Å². The molecule has 0 N–H and O–H groups in total. The van der Waals surface area contributed by atoms with Crippen LogP contribution in [0.25, 0.3) is 0 Å². The molecule has 0 saturated carbocycles. The van der Waals surface area contributed by atoms with E-state index in [1.165, 1.54) is 6.92 Å². The Labute approximate surface area is 107 Å². The summed E-state index contributed by atoms with van der Waals surface area (Å²) in [5.74, 6) is -0.428. The van der Waals surface area contributed by atoms with E-state index in [-0.39, 0.29) is 23.7 Å². The third-order valence-electron chi connectivity index (χ3n) is 3.23.